The zero-order valence-electron chi connectivity index (χ0n) is 13.0. The zero-order chi connectivity index (χ0) is 15.4. The van der Waals surface area contributed by atoms with Crippen LogP contribution >= 0.6 is 11.6 Å². The van der Waals surface area contributed by atoms with Crippen molar-refractivity contribution >= 4 is 11.6 Å². The Morgan fingerprint density at radius 2 is 1.95 bits per heavy atom. The molecule has 1 aromatic carbocycles. The van der Waals surface area contributed by atoms with E-state index in [4.69, 9.17) is 11.6 Å². The van der Waals surface area contributed by atoms with Crippen molar-refractivity contribution in [1.29, 1.82) is 0 Å². The summed E-state index contributed by atoms with van der Waals surface area (Å²) in [7, 11) is 1.99. The number of nitrogens with one attached hydrogen (secondary N) is 2. The van der Waals surface area contributed by atoms with Crippen LogP contribution in [0.25, 0.3) is 11.4 Å². The van der Waals surface area contributed by atoms with E-state index in [1.807, 2.05) is 37.4 Å². The van der Waals surface area contributed by atoms with Gasteiger partial charge in [0, 0.05) is 12.1 Å². The lowest BCUT2D eigenvalue weighted by molar-refractivity contribution is 0.159. The van der Waals surface area contributed by atoms with Crippen LogP contribution in [-0.4, -0.2) is 41.5 Å². The van der Waals surface area contributed by atoms with Gasteiger partial charge in [-0.3, -0.25) is 4.90 Å². The predicted octanol–water partition coefficient (Wildman–Crippen LogP) is 3.48. The molecular formula is C17H23ClN4. The van der Waals surface area contributed by atoms with Crippen LogP contribution in [0.15, 0.2) is 30.3 Å². The van der Waals surface area contributed by atoms with Crippen LogP contribution in [0.5, 0.6) is 0 Å². The summed E-state index contributed by atoms with van der Waals surface area (Å²) in [6.07, 6.45) is 3.85. The van der Waals surface area contributed by atoms with Gasteiger partial charge < -0.3 is 10.3 Å². The van der Waals surface area contributed by atoms with Gasteiger partial charge in [-0.25, -0.2) is 4.98 Å². The second-order valence-electron chi connectivity index (χ2n) is 5.83. The molecule has 0 radical (unpaired) electrons. The van der Waals surface area contributed by atoms with Gasteiger partial charge in [0.1, 0.15) is 5.82 Å². The van der Waals surface area contributed by atoms with Gasteiger partial charge in [0.05, 0.1) is 11.7 Å². The van der Waals surface area contributed by atoms with Gasteiger partial charge in [-0.05, 0) is 33.0 Å². The molecule has 1 unspecified atom stereocenters. The minimum atomic E-state index is 0.253. The van der Waals surface area contributed by atoms with Crippen LogP contribution in [0, 0.1) is 0 Å². The summed E-state index contributed by atoms with van der Waals surface area (Å²) in [4.78, 5) is 10.5. The molecule has 2 heterocycles. The summed E-state index contributed by atoms with van der Waals surface area (Å²) in [5, 5.41) is 3.88. The second kappa shape index (κ2) is 7.27. The Morgan fingerprint density at radius 1 is 1.23 bits per heavy atom. The minimum Gasteiger partial charge on any atom is -0.339 e. The van der Waals surface area contributed by atoms with Crippen LogP contribution in [-0.2, 0) is 0 Å². The maximum atomic E-state index is 6.45. The number of aromatic nitrogens is 2. The normalized spacial score (nSPS) is 17.5. The fourth-order valence-electron chi connectivity index (χ4n) is 3.16. The number of halogens is 1. The molecule has 1 saturated heterocycles. The van der Waals surface area contributed by atoms with E-state index < -0.39 is 0 Å². The first-order valence-corrected chi connectivity index (χ1v) is 8.37. The third-order valence-electron chi connectivity index (χ3n) is 4.29. The van der Waals surface area contributed by atoms with Gasteiger partial charge in [0.15, 0.2) is 5.15 Å². The van der Waals surface area contributed by atoms with E-state index in [1.54, 1.807) is 0 Å². The number of hydrogen-bond acceptors (Lipinski definition) is 3. The summed E-state index contributed by atoms with van der Waals surface area (Å²) in [5.74, 6) is 0.846. The maximum absolute atomic E-state index is 6.45. The zero-order valence-corrected chi connectivity index (χ0v) is 13.7. The first kappa shape index (κ1) is 15.5. The predicted molar refractivity (Wildman–Crippen MR) is 91.1 cm³/mol. The number of likely N-dealkylation sites (N-methyl/N-ethyl adjacent to an activating group) is 1. The van der Waals surface area contributed by atoms with E-state index in [1.165, 1.54) is 19.3 Å². The lowest BCUT2D eigenvalue weighted by Gasteiger charge is -2.34. The molecular weight excluding hydrogens is 296 g/mol. The number of likely N-dealkylation sites (tertiary alicyclic amines) is 1. The Hall–Kier alpha value is -1.36. The van der Waals surface area contributed by atoms with Gasteiger partial charge in [0.2, 0.25) is 0 Å². The summed E-state index contributed by atoms with van der Waals surface area (Å²) in [6, 6.07) is 10.4. The van der Waals surface area contributed by atoms with Gasteiger partial charge in [-0.1, -0.05) is 48.4 Å². The molecule has 0 amide bonds. The molecule has 1 atom stereocenters. The third-order valence-corrected chi connectivity index (χ3v) is 4.58. The molecule has 1 fully saturated rings. The van der Waals surface area contributed by atoms with Crippen LogP contribution < -0.4 is 5.32 Å². The van der Waals surface area contributed by atoms with E-state index in [0.29, 0.717) is 5.15 Å². The van der Waals surface area contributed by atoms with E-state index in [9.17, 15) is 0 Å². The SMILES string of the molecule is CNCC(c1[nH]c(-c2ccccc2)nc1Cl)N1CCCCC1. The number of rotatable bonds is 5. The number of aromatic amines is 1. The highest BCUT2D eigenvalue weighted by molar-refractivity contribution is 6.30. The van der Waals surface area contributed by atoms with Crippen LogP contribution in [0.1, 0.15) is 31.0 Å². The van der Waals surface area contributed by atoms with Crippen molar-refractivity contribution in [1.82, 2.24) is 20.2 Å². The van der Waals surface area contributed by atoms with Crippen molar-refractivity contribution in [3.05, 3.63) is 41.2 Å². The molecule has 118 valence electrons. The van der Waals surface area contributed by atoms with E-state index in [2.05, 4.69) is 20.2 Å². The van der Waals surface area contributed by atoms with Crippen molar-refractivity contribution in [2.45, 2.75) is 25.3 Å². The monoisotopic (exact) mass is 318 g/mol. The van der Waals surface area contributed by atoms with Gasteiger partial charge in [-0.2, -0.15) is 0 Å². The minimum absolute atomic E-state index is 0.253. The Balaban J connectivity index is 1.89. The van der Waals surface area contributed by atoms with Crippen molar-refractivity contribution in [3.8, 4) is 11.4 Å². The Labute approximate surface area is 136 Å². The summed E-state index contributed by atoms with van der Waals surface area (Å²) in [6.45, 7) is 3.13. The van der Waals surface area contributed by atoms with Crippen LogP contribution in [0.4, 0.5) is 0 Å². The molecule has 0 saturated carbocycles. The molecule has 4 nitrogen and oxygen atoms in total. The fraction of sp³-hybridized carbons (Fsp3) is 0.471. The van der Waals surface area contributed by atoms with Gasteiger partial charge in [0.25, 0.3) is 0 Å². The lowest BCUT2D eigenvalue weighted by Crippen LogP contribution is -2.38. The van der Waals surface area contributed by atoms with Crippen LogP contribution in [0.2, 0.25) is 5.15 Å². The van der Waals surface area contributed by atoms with E-state index in [-0.39, 0.29) is 6.04 Å². The number of hydrogen-bond donors (Lipinski definition) is 2. The summed E-state index contributed by atoms with van der Waals surface area (Å²) in [5.41, 5.74) is 2.09. The number of nitrogens with zero attached hydrogens (tertiary/aromatic N) is 2. The van der Waals surface area contributed by atoms with Gasteiger partial charge >= 0.3 is 0 Å². The van der Waals surface area contributed by atoms with Crippen molar-refractivity contribution < 1.29 is 0 Å². The largest absolute Gasteiger partial charge is 0.339 e. The van der Waals surface area contributed by atoms with E-state index >= 15 is 0 Å². The molecule has 1 aliphatic heterocycles. The molecule has 2 N–H and O–H groups in total. The lowest BCUT2D eigenvalue weighted by atomic mass is 10.1. The quantitative estimate of drug-likeness (QED) is 0.887. The number of benzene rings is 1. The first-order valence-electron chi connectivity index (χ1n) is 7.99. The first-order chi connectivity index (χ1) is 10.8. The van der Waals surface area contributed by atoms with Crippen molar-refractivity contribution in [2.24, 2.45) is 0 Å². The summed E-state index contributed by atoms with van der Waals surface area (Å²) >= 11 is 6.45. The molecule has 3 rings (SSSR count). The Morgan fingerprint density at radius 3 is 2.64 bits per heavy atom. The van der Waals surface area contributed by atoms with Gasteiger partial charge in [-0.15, -0.1) is 0 Å². The number of imidazole rings is 1. The number of piperidine rings is 1. The molecule has 0 bridgehead atoms. The standard InChI is InChI=1S/C17H23ClN4/c1-19-12-14(22-10-6-3-7-11-22)15-16(18)21-17(20-15)13-8-4-2-5-9-13/h2,4-5,8-9,14,19H,3,6-7,10-12H2,1H3,(H,20,21). The topological polar surface area (TPSA) is 44.0 Å². The molecule has 5 heteroatoms. The second-order valence-corrected chi connectivity index (χ2v) is 6.18. The highest BCUT2D eigenvalue weighted by Gasteiger charge is 2.26. The fourth-order valence-corrected chi connectivity index (χ4v) is 3.41. The van der Waals surface area contributed by atoms with Crippen molar-refractivity contribution in [2.75, 3.05) is 26.7 Å². The highest BCUT2D eigenvalue weighted by Crippen LogP contribution is 2.30. The highest BCUT2D eigenvalue weighted by atomic mass is 35.5. The van der Waals surface area contributed by atoms with Crippen molar-refractivity contribution in [3.63, 3.8) is 0 Å². The van der Waals surface area contributed by atoms with Crippen LogP contribution in [0.3, 0.4) is 0 Å². The average molecular weight is 319 g/mol. The molecule has 1 aliphatic rings. The van der Waals surface area contributed by atoms with E-state index in [0.717, 1.165) is 36.7 Å². The molecule has 2 aromatic rings. The molecule has 0 spiro atoms. The molecule has 1 aromatic heterocycles. The Bertz CT molecular complexity index is 590. The smallest absolute Gasteiger partial charge is 0.152 e. The summed E-state index contributed by atoms with van der Waals surface area (Å²) < 4.78 is 0. The Kier molecular flexibility index (Phi) is 5.13. The molecule has 0 aliphatic carbocycles. The average Bonchev–Trinajstić information content (AvgIpc) is 2.96. The maximum Gasteiger partial charge on any atom is 0.152 e. The third kappa shape index (κ3) is 3.35. The molecule has 22 heavy (non-hydrogen) atoms. The number of H-pyrrole nitrogens is 1.